The summed E-state index contributed by atoms with van der Waals surface area (Å²) in [7, 11) is 0. The highest BCUT2D eigenvalue weighted by atomic mass is 16.8. The number of hydrogen-bond acceptors (Lipinski definition) is 20. The van der Waals surface area contributed by atoms with Gasteiger partial charge in [-0.2, -0.15) is 0 Å². The molecule has 4 fully saturated rings. The number of hydrogen-bond donors (Lipinski definition) is 12. The lowest BCUT2D eigenvalue weighted by atomic mass is 9.84. The first-order valence-corrected chi connectivity index (χ1v) is 21.5. The SMILES string of the molecule is NC[C@@H]1O[C@H](O[C@H]2[C@@H](OCCN(CCCc3ccccc3)CCc3ccccc3)[C@H](O[C@H]3C(O[C@H]4O[C@H](CO)[C@@H](O)[C@H](O)[C@H]4N)[C@@H](N)C[C@@H](N)[C@@H]3O)O[C@@H]2CO)[C@H](N)[C@@H](O)[C@@H]1O. The molecule has 20 heteroatoms. The Morgan fingerprint density at radius 3 is 1.68 bits per heavy atom. The van der Waals surface area contributed by atoms with Crippen molar-refractivity contribution in [1.82, 2.24) is 4.90 Å². The molecule has 17 N–H and O–H groups in total. The van der Waals surface area contributed by atoms with E-state index in [4.69, 9.17) is 61.8 Å². The Bertz CT molecular complexity index is 1600. The van der Waals surface area contributed by atoms with Crippen molar-refractivity contribution in [2.24, 2.45) is 28.7 Å². The highest BCUT2D eigenvalue weighted by Crippen LogP contribution is 2.35. The van der Waals surface area contributed by atoms with Crippen LogP contribution in [0, 0.1) is 0 Å². The second-order valence-electron chi connectivity index (χ2n) is 16.7. The molecule has 1 aliphatic carbocycles. The van der Waals surface area contributed by atoms with E-state index in [1.807, 2.05) is 36.4 Å². The Kier molecular flexibility index (Phi) is 18.4. The summed E-state index contributed by atoms with van der Waals surface area (Å²) in [5.41, 5.74) is 33.7. The number of rotatable bonds is 20. The number of aryl methyl sites for hydroxylation is 1. The minimum Gasteiger partial charge on any atom is -0.394 e. The van der Waals surface area contributed by atoms with E-state index in [1.54, 1.807) is 0 Å². The maximum absolute atomic E-state index is 11.6. The average molecular weight is 881 g/mol. The lowest BCUT2D eigenvalue weighted by molar-refractivity contribution is -0.312. The summed E-state index contributed by atoms with van der Waals surface area (Å²) in [6.45, 7) is 0.664. The van der Waals surface area contributed by atoms with Crippen LogP contribution >= 0.6 is 0 Å². The molecule has 62 heavy (non-hydrogen) atoms. The number of benzene rings is 2. The summed E-state index contributed by atoms with van der Waals surface area (Å²) in [6, 6.07) is 16.1. The summed E-state index contributed by atoms with van der Waals surface area (Å²) in [4.78, 5) is 2.29. The third-order valence-electron chi connectivity index (χ3n) is 12.4. The van der Waals surface area contributed by atoms with E-state index >= 15 is 0 Å². The molecule has 1 saturated carbocycles. The predicted molar refractivity (Wildman–Crippen MR) is 221 cm³/mol. The fraction of sp³-hybridized carbons (Fsp3) is 0.714. The first-order valence-electron chi connectivity index (χ1n) is 21.5. The topological polar surface area (TPSA) is 340 Å². The van der Waals surface area contributed by atoms with Gasteiger partial charge in [0.25, 0.3) is 0 Å². The van der Waals surface area contributed by atoms with E-state index in [0.29, 0.717) is 6.54 Å². The molecule has 350 valence electrons. The monoisotopic (exact) mass is 880 g/mol. The Balaban J connectivity index is 1.23. The van der Waals surface area contributed by atoms with Gasteiger partial charge in [-0.1, -0.05) is 60.7 Å². The average Bonchev–Trinajstić information content (AvgIpc) is 3.61. The third kappa shape index (κ3) is 11.9. The molecule has 0 amide bonds. The second kappa shape index (κ2) is 23.2. The van der Waals surface area contributed by atoms with Gasteiger partial charge in [-0.15, -0.1) is 0 Å². The van der Waals surface area contributed by atoms with Crippen LogP contribution in [0.25, 0.3) is 0 Å². The van der Waals surface area contributed by atoms with Gasteiger partial charge in [0.1, 0.15) is 67.1 Å². The van der Waals surface area contributed by atoms with Gasteiger partial charge in [-0.05, 0) is 43.4 Å². The molecule has 3 saturated heterocycles. The number of nitrogens with zero attached hydrogens (tertiary/aromatic N) is 1. The van der Waals surface area contributed by atoms with Gasteiger partial charge in [-0.25, -0.2) is 0 Å². The molecular weight excluding hydrogens is 812 g/mol. The van der Waals surface area contributed by atoms with Crippen LogP contribution in [0.4, 0.5) is 0 Å². The first kappa shape index (κ1) is 49.1. The second-order valence-corrected chi connectivity index (χ2v) is 16.7. The van der Waals surface area contributed by atoms with Crippen LogP contribution in [0.5, 0.6) is 0 Å². The van der Waals surface area contributed by atoms with Gasteiger partial charge < -0.3 is 102 Å². The van der Waals surface area contributed by atoms with Crippen LogP contribution in [-0.4, -0.2) is 203 Å². The molecule has 3 heterocycles. The number of aliphatic hydroxyl groups is 7. The van der Waals surface area contributed by atoms with Crippen molar-refractivity contribution in [2.75, 3.05) is 46.0 Å². The highest BCUT2D eigenvalue weighted by Gasteiger charge is 2.55. The van der Waals surface area contributed by atoms with E-state index in [9.17, 15) is 35.7 Å². The van der Waals surface area contributed by atoms with Gasteiger partial charge >= 0.3 is 0 Å². The van der Waals surface area contributed by atoms with Gasteiger partial charge in [-0.3, -0.25) is 0 Å². The van der Waals surface area contributed by atoms with Crippen molar-refractivity contribution in [3.63, 3.8) is 0 Å². The Labute approximate surface area is 361 Å². The summed E-state index contributed by atoms with van der Waals surface area (Å²) in [5, 5.41) is 74.4. The minimum atomic E-state index is -1.53. The van der Waals surface area contributed by atoms with E-state index in [-0.39, 0.29) is 19.6 Å². The lowest BCUT2D eigenvalue weighted by Gasteiger charge is -2.47. The summed E-state index contributed by atoms with van der Waals surface area (Å²) in [5.74, 6) is 0. The first-order chi connectivity index (χ1) is 29.8. The van der Waals surface area contributed by atoms with Crippen molar-refractivity contribution in [3.05, 3.63) is 71.8 Å². The Morgan fingerprint density at radius 2 is 1.08 bits per heavy atom. The van der Waals surface area contributed by atoms with Gasteiger partial charge in [0.2, 0.25) is 0 Å². The highest BCUT2D eigenvalue weighted by molar-refractivity contribution is 5.16. The molecule has 0 aromatic heterocycles. The largest absolute Gasteiger partial charge is 0.394 e. The van der Waals surface area contributed by atoms with Crippen molar-refractivity contribution in [1.29, 1.82) is 0 Å². The molecule has 2 aromatic carbocycles. The fourth-order valence-electron chi connectivity index (χ4n) is 8.59. The zero-order valence-corrected chi connectivity index (χ0v) is 34.8. The van der Waals surface area contributed by atoms with Crippen molar-refractivity contribution >= 4 is 0 Å². The maximum atomic E-state index is 11.6. The van der Waals surface area contributed by atoms with E-state index in [2.05, 4.69) is 29.2 Å². The van der Waals surface area contributed by atoms with Crippen LogP contribution in [-0.2, 0) is 46.0 Å². The molecule has 0 bridgehead atoms. The smallest absolute Gasteiger partial charge is 0.187 e. The fourth-order valence-corrected chi connectivity index (χ4v) is 8.59. The maximum Gasteiger partial charge on any atom is 0.187 e. The number of nitrogens with two attached hydrogens (primary N) is 5. The zero-order chi connectivity index (χ0) is 44.5. The molecule has 19 atom stereocenters. The van der Waals surface area contributed by atoms with E-state index in [1.165, 1.54) is 11.1 Å². The molecular formula is C42H68N6O14. The van der Waals surface area contributed by atoms with Crippen molar-refractivity contribution in [3.8, 4) is 0 Å². The van der Waals surface area contributed by atoms with Crippen molar-refractivity contribution in [2.45, 2.75) is 142 Å². The Morgan fingerprint density at radius 1 is 0.548 bits per heavy atom. The normalized spacial score (nSPS) is 40.2. The van der Waals surface area contributed by atoms with Crippen LogP contribution in [0.1, 0.15) is 24.0 Å². The molecule has 0 spiro atoms. The van der Waals surface area contributed by atoms with Gasteiger partial charge in [0, 0.05) is 31.7 Å². The summed E-state index contributed by atoms with van der Waals surface area (Å²) >= 11 is 0. The summed E-state index contributed by atoms with van der Waals surface area (Å²) < 4.78 is 43.6. The standard InChI is InChI=1S/C42H68N6O14/c43-19-26-32(52)34(54)29(46)40(57-26)61-37-28(21-50)59-42(62-38-31(51)24(44)18-25(45)36(38)60-41-30(47)35(55)33(53)27(20-49)58-41)39(37)56-17-16-48(15-13-23-10-5-2-6-11-23)14-7-12-22-8-3-1-4-9-22/h1-6,8-11,24-42,49-55H,7,12-21,43-47H2/t24-,25+,26+,27-,28-,29-,30-,31+,32-,33-,34-,35-,36?,37-,38-,39-,40-,41-,42+/m1/s1. The molecule has 4 aliphatic rings. The van der Waals surface area contributed by atoms with E-state index < -0.39 is 129 Å². The van der Waals surface area contributed by atoms with E-state index in [0.717, 1.165) is 32.4 Å². The molecule has 3 aliphatic heterocycles. The minimum absolute atomic E-state index is 0.0786. The van der Waals surface area contributed by atoms with Crippen LogP contribution < -0.4 is 28.7 Å². The quantitative estimate of drug-likeness (QED) is 0.0595. The molecule has 6 rings (SSSR count). The van der Waals surface area contributed by atoms with Crippen molar-refractivity contribution < 1.29 is 68.9 Å². The number of ether oxygens (including phenoxy) is 7. The number of aliphatic hydroxyl groups excluding tert-OH is 7. The van der Waals surface area contributed by atoms with Crippen LogP contribution in [0.15, 0.2) is 60.7 Å². The molecule has 2 aromatic rings. The molecule has 20 nitrogen and oxygen atoms in total. The third-order valence-corrected chi connectivity index (χ3v) is 12.4. The zero-order valence-electron chi connectivity index (χ0n) is 34.8. The lowest BCUT2D eigenvalue weighted by Crippen LogP contribution is -2.68. The van der Waals surface area contributed by atoms with Crippen LogP contribution in [0.2, 0.25) is 0 Å². The molecule has 0 radical (unpaired) electrons. The van der Waals surface area contributed by atoms with Crippen LogP contribution in [0.3, 0.4) is 0 Å². The van der Waals surface area contributed by atoms with Gasteiger partial charge in [0.05, 0.1) is 38.0 Å². The predicted octanol–water partition coefficient (Wildman–Crippen LogP) is -4.66. The molecule has 1 unspecified atom stereocenters. The summed E-state index contributed by atoms with van der Waals surface area (Å²) in [6.07, 6.45) is -17.0. The van der Waals surface area contributed by atoms with Gasteiger partial charge in [0.15, 0.2) is 18.9 Å². The Hall–Kier alpha value is -2.36.